The molecule has 1 unspecified atom stereocenters. The first kappa shape index (κ1) is 24.0. The number of alkyl halides is 3. The summed E-state index contributed by atoms with van der Waals surface area (Å²) >= 11 is 0. The second-order valence-corrected chi connectivity index (χ2v) is 10.2. The van der Waals surface area contributed by atoms with Crippen molar-refractivity contribution in [3.05, 3.63) is 47.8 Å². The topological polar surface area (TPSA) is 57.3 Å². The van der Waals surface area contributed by atoms with Crippen LogP contribution in [0.2, 0.25) is 0 Å². The predicted molar refractivity (Wildman–Crippen MR) is 121 cm³/mol. The lowest BCUT2D eigenvalue weighted by Gasteiger charge is -2.39. The molecule has 35 heavy (non-hydrogen) atoms. The summed E-state index contributed by atoms with van der Waals surface area (Å²) in [5.74, 6) is -5.08. The second kappa shape index (κ2) is 8.72. The average molecular weight is 495 g/mol. The SMILES string of the molecule is C[C@@H](NC(=O)c1cncc(-c2cc(F)cc(F)c2)c1N1CCC2(C[C@@H](F)CN2)C1)C1CC(F)(F)C1. The van der Waals surface area contributed by atoms with Crippen LogP contribution in [0.25, 0.3) is 11.1 Å². The Kier molecular flexibility index (Phi) is 5.97. The number of aromatic nitrogens is 1. The minimum atomic E-state index is -2.70. The van der Waals surface area contributed by atoms with Crippen LogP contribution in [0.15, 0.2) is 30.6 Å². The molecule has 5 nitrogen and oxygen atoms in total. The number of pyridine rings is 1. The van der Waals surface area contributed by atoms with E-state index in [9.17, 15) is 26.7 Å². The fourth-order valence-electron chi connectivity index (χ4n) is 5.61. The van der Waals surface area contributed by atoms with Crippen molar-refractivity contribution in [3.8, 4) is 11.1 Å². The number of carbonyl (C=O) groups excluding carboxylic acids is 1. The van der Waals surface area contributed by atoms with Gasteiger partial charge in [-0.15, -0.1) is 0 Å². The monoisotopic (exact) mass is 494 g/mol. The number of benzene rings is 1. The molecule has 2 aromatic rings. The highest BCUT2D eigenvalue weighted by Crippen LogP contribution is 2.44. The Morgan fingerprint density at radius 3 is 2.51 bits per heavy atom. The largest absolute Gasteiger partial charge is 0.368 e. The number of hydrogen-bond donors (Lipinski definition) is 2. The molecule has 2 N–H and O–H groups in total. The molecule has 3 aliphatic rings. The Bertz CT molecular complexity index is 1120. The first-order valence-electron chi connectivity index (χ1n) is 11.8. The zero-order valence-corrected chi connectivity index (χ0v) is 19.3. The maximum atomic E-state index is 14.1. The lowest BCUT2D eigenvalue weighted by atomic mass is 9.77. The van der Waals surface area contributed by atoms with Crippen LogP contribution in [0, 0.1) is 17.6 Å². The van der Waals surface area contributed by atoms with Crippen molar-refractivity contribution in [3.63, 3.8) is 0 Å². The summed E-state index contributed by atoms with van der Waals surface area (Å²) in [6.07, 6.45) is 2.26. The van der Waals surface area contributed by atoms with Crippen LogP contribution in [0.4, 0.5) is 27.6 Å². The second-order valence-electron chi connectivity index (χ2n) is 10.2. The van der Waals surface area contributed by atoms with E-state index in [1.54, 1.807) is 6.92 Å². The van der Waals surface area contributed by atoms with Crippen LogP contribution in [0.3, 0.4) is 0 Å². The third-order valence-electron chi connectivity index (χ3n) is 7.50. The molecule has 188 valence electrons. The summed E-state index contributed by atoms with van der Waals surface area (Å²) in [5, 5.41) is 6.06. The maximum absolute atomic E-state index is 14.1. The van der Waals surface area contributed by atoms with Crippen LogP contribution in [-0.4, -0.2) is 54.2 Å². The molecule has 3 fully saturated rings. The third kappa shape index (κ3) is 4.72. The van der Waals surface area contributed by atoms with Crippen molar-refractivity contribution in [2.45, 2.75) is 56.3 Å². The van der Waals surface area contributed by atoms with Crippen molar-refractivity contribution >= 4 is 11.6 Å². The molecule has 2 saturated heterocycles. The Balaban J connectivity index is 1.50. The van der Waals surface area contributed by atoms with E-state index in [0.717, 1.165) is 6.07 Å². The highest BCUT2D eigenvalue weighted by atomic mass is 19.3. The number of hydrogen-bond acceptors (Lipinski definition) is 4. The lowest BCUT2D eigenvalue weighted by molar-refractivity contribution is -0.117. The molecule has 5 rings (SSSR count). The quantitative estimate of drug-likeness (QED) is 0.603. The third-order valence-corrected chi connectivity index (χ3v) is 7.50. The van der Waals surface area contributed by atoms with Crippen LogP contribution in [0.5, 0.6) is 0 Å². The molecule has 1 saturated carbocycles. The predicted octanol–water partition coefficient (Wildman–Crippen LogP) is 4.47. The van der Waals surface area contributed by atoms with E-state index >= 15 is 0 Å². The average Bonchev–Trinajstić information content (AvgIpc) is 3.35. The van der Waals surface area contributed by atoms with Crippen LogP contribution < -0.4 is 15.5 Å². The Morgan fingerprint density at radius 2 is 1.89 bits per heavy atom. The van der Waals surface area contributed by atoms with E-state index in [-0.39, 0.29) is 36.4 Å². The number of amides is 1. The highest BCUT2D eigenvalue weighted by Gasteiger charge is 2.48. The van der Waals surface area contributed by atoms with Gasteiger partial charge in [-0.25, -0.2) is 22.0 Å². The van der Waals surface area contributed by atoms with Gasteiger partial charge in [-0.05, 0) is 43.4 Å². The first-order valence-corrected chi connectivity index (χ1v) is 11.8. The van der Waals surface area contributed by atoms with Gasteiger partial charge in [0, 0.05) is 68.1 Å². The lowest BCUT2D eigenvalue weighted by Crippen LogP contribution is -2.48. The van der Waals surface area contributed by atoms with Crippen molar-refractivity contribution in [2.75, 3.05) is 24.5 Å². The molecule has 2 aliphatic heterocycles. The van der Waals surface area contributed by atoms with Gasteiger partial charge in [0.2, 0.25) is 5.92 Å². The van der Waals surface area contributed by atoms with Gasteiger partial charge in [-0.3, -0.25) is 9.78 Å². The summed E-state index contributed by atoms with van der Waals surface area (Å²) in [6, 6.07) is 2.61. The summed E-state index contributed by atoms with van der Waals surface area (Å²) in [4.78, 5) is 19.4. The van der Waals surface area contributed by atoms with Gasteiger partial charge in [-0.1, -0.05) is 0 Å². The number of anilines is 1. The number of rotatable bonds is 5. The van der Waals surface area contributed by atoms with E-state index in [0.29, 0.717) is 37.2 Å². The van der Waals surface area contributed by atoms with Gasteiger partial charge in [0.1, 0.15) is 17.8 Å². The first-order chi connectivity index (χ1) is 16.5. The van der Waals surface area contributed by atoms with Crippen molar-refractivity contribution in [1.82, 2.24) is 15.6 Å². The molecule has 0 bridgehead atoms. The summed E-state index contributed by atoms with van der Waals surface area (Å²) in [6.45, 7) is 2.85. The summed E-state index contributed by atoms with van der Waals surface area (Å²) < 4.78 is 68.8. The van der Waals surface area contributed by atoms with Crippen LogP contribution in [-0.2, 0) is 0 Å². The molecule has 1 spiro atoms. The van der Waals surface area contributed by atoms with Gasteiger partial charge in [-0.2, -0.15) is 0 Å². The van der Waals surface area contributed by atoms with Crippen molar-refractivity contribution in [1.29, 1.82) is 0 Å². The molecule has 3 heterocycles. The Labute approximate surface area is 200 Å². The maximum Gasteiger partial charge on any atom is 0.255 e. The van der Waals surface area contributed by atoms with Gasteiger partial charge < -0.3 is 15.5 Å². The zero-order valence-electron chi connectivity index (χ0n) is 19.3. The molecule has 0 radical (unpaired) electrons. The van der Waals surface area contributed by atoms with E-state index in [1.807, 2.05) is 4.90 Å². The Hall–Kier alpha value is -2.75. The summed E-state index contributed by atoms with van der Waals surface area (Å²) in [7, 11) is 0. The standard InChI is InChI=1S/C25H27F5N4O/c1-14(16-7-25(29,30)8-16)33-23(35)21-12-31-11-20(15-4-17(26)6-18(27)5-15)22(21)34-3-2-24(13-34)9-19(28)10-32-24/h4-6,11-12,14,16,19,32H,2-3,7-10,13H2,1H3,(H,33,35)/t14-,19-,24?/m1/s1. The molecule has 1 aliphatic carbocycles. The fourth-order valence-corrected chi connectivity index (χ4v) is 5.61. The molecule has 10 heteroatoms. The number of carbonyl (C=O) groups is 1. The number of nitrogens with zero attached hydrogens (tertiary/aromatic N) is 2. The molecule has 1 aromatic heterocycles. The van der Waals surface area contributed by atoms with Crippen LogP contribution >= 0.6 is 0 Å². The highest BCUT2D eigenvalue weighted by molar-refractivity contribution is 6.03. The van der Waals surface area contributed by atoms with Gasteiger partial charge in [0.15, 0.2) is 0 Å². The van der Waals surface area contributed by atoms with E-state index in [2.05, 4.69) is 15.6 Å². The van der Waals surface area contributed by atoms with E-state index in [4.69, 9.17) is 0 Å². The van der Waals surface area contributed by atoms with Gasteiger partial charge >= 0.3 is 0 Å². The molecular weight excluding hydrogens is 467 g/mol. The number of nitrogens with one attached hydrogen (secondary N) is 2. The van der Waals surface area contributed by atoms with Gasteiger partial charge in [0.05, 0.1) is 11.3 Å². The smallest absolute Gasteiger partial charge is 0.255 e. The van der Waals surface area contributed by atoms with Crippen molar-refractivity contribution in [2.24, 2.45) is 5.92 Å². The normalized spacial score (nSPS) is 26.7. The van der Waals surface area contributed by atoms with E-state index < -0.39 is 41.2 Å². The molecule has 1 amide bonds. The minimum absolute atomic E-state index is 0.178. The molecule has 3 atom stereocenters. The minimum Gasteiger partial charge on any atom is -0.368 e. The zero-order chi connectivity index (χ0) is 25.0. The van der Waals surface area contributed by atoms with Gasteiger partial charge in [0.25, 0.3) is 5.91 Å². The summed E-state index contributed by atoms with van der Waals surface area (Å²) in [5.41, 5.74) is 0.749. The fraction of sp³-hybridized carbons (Fsp3) is 0.520. The Morgan fingerprint density at radius 1 is 1.17 bits per heavy atom. The number of halogens is 5. The van der Waals surface area contributed by atoms with Crippen molar-refractivity contribution < 1.29 is 26.7 Å². The van der Waals surface area contributed by atoms with E-state index in [1.165, 1.54) is 24.5 Å². The molecule has 1 aromatic carbocycles. The van der Waals surface area contributed by atoms with Crippen LogP contribution in [0.1, 0.15) is 43.0 Å². The molecular formula is C25H27F5N4O.